The van der Waals surface area contributed by atoms with Crippen LogP contribution < -0.4 is 5.32 Å². The minimum Gasteiger partial charge on any atom is -0.351 e. The smallest absolute Gasteiger partial charge is 0.239 e. The molecule has 0 radical (unpaired) electrons. The molecule has 0 spiro atoms. The lowest BCUT2D eigenvalue weighted by Gasteiger charge is -2.21. The minimum absolute atomic E-state index is 0.0286. The number of hydrogen-bond donors (Lipinski definition) is 1. The maximum atomic E-state index is 12.5. The van der Waals surface area contributed by atoms with Gasteiger partial charge >= 0.3 is 0 Å². The van der Waals surface area contributed by atoms with Crippen LogP contribution in [0.2, 0.25) is 0 Å². The molecule has 2 aromatic heterocycles. The van der Waals surface area contributed by atoms with Crippen molar-refractivity contribution in [2.75, 3.05) is 30.3 Å². The van der Waals surface area contributed by atoms with E-state index in [0.717, 1.165) is 15.2 Å². The average Bonchev–Trinajstić information content (AvgIpc) is 3.23. The van der Waals surface area contributed by atoms with Crippen molar-refractivity contribution in [1.29, 1.82) is 0 Å². The first-order valence-electron chi connectivity index (χ1n) is 8.46. The van der Waals surface area contributed by atoms with Crippen LogP contribution in [0.3, 0.4) is 0 Å². The molecular weight excluding hydrogens is 408 g/mol. The molecule has 1 N–H and O–H groups in total. The van der Waals surface area contributed by atoms with E-state index in [1.54, 1.807) is 6.92 Å². The highest BCUT2D eigenvalue weighted by atomic mass is 32.2. The van der Waals surface area contributed by atoms with Crippen LogP contribution in [0.4, 0.5) is 0 Å². The first kappa shape index (κ1) is 20.0. The van der Waals surface area contributed by atoms with Gasteiger partial charge in [0.25, 0.3) is 0 Å². The van der Waals surface area contributed by atoms with Gasteiger partial charge in [0.2, 0.25) is 11.8 Å². The molecular formula is C16H20N4O4S3. The summed E-state index contributed by atoms with van der Waals surface area (Å²) in [4.78, 5) is 34.5. The molecule has 146 valence electrons. The zero-order chi connectivity index (χ0) is 19.4. The predicted octanol–water partition coefficient (Wildman–Crippen LogP) is 0.935. The number of nitrogens with zero attached hydrogens (tertiary/aromatic N) is 3. The van der Waals surface area contributed by atoms with Gasteiger partial charge in [-0.3, -0.25) is 9.59 Å². The summed E-state index contributed by atoms with van der Waals surface area (Å²) in [6.45, 7) is 2.12. The van der Waals surface area contributed by atoms with E-state index in [9.17, 15) is 18.0 Å². The van der Waals surface area contributed by atoms with Crippen molar-refractivity contribution < 1.29 is 18.0 Å². The zero-order valence-electron chi connectivity index (χ0n) is 14.8. The third kappa shape index (κ3) is 5.17. The molecule has 0 saturated carbocycles. The Kier molecular flexibility index (Phi) is 6.33. The lowest BCUT2D eigenvalue weighted by Crippen LogP contribution is -2.45. The van der Waals surface area contributed by atoms with Gasteiger partial charge in [-0.25, -0.2) is 18.4 Å². The van der Waals surface area contributed by atoms with Crippen LogP contribution in [0.1, 0.15) is 13.3 Å². The predicted molar refractivity (Wildman–Crippen MR) is 106 cm³/mol. The second-order valence-electron chi connectivity index (χ2n) is 6.18. The Labute approximate surface area is 165 Å². The van der Waals surface area contributed by atoms with Crippen molar-refractivity contribution in [2.45, 2.75) is 24.4 Å². The number of thioether (sulfide) groups is 1. The van der Waals surface area contributed by atoms with E-state index in [1.165, 1.54) is 34.3 Å². The van der Waals surface area contributed by atoms with Crippen molar-refractivity contribution in [1.82, 2.24) is 20.2 Å². The number of fused-ring (bicyclic) bond motifs is 1. The highest BCUT2D eigenvalue weighted by Gasteiger charge is 2.29. The van der Waals surface area contributed by atoms with Crippen LogP contribution in [0.25, 0.3) is 10.2 Å². The van der Waals surface area contributed by atoms with Crippen LogP contribution in [0.5, 0.6) is 0 Å². The Balaban J connectivity index is 1.53. The number of sulfone groups is 1. The van der Waals surface area contributed by atoms with Crippen molar-refractivity contribution in [3.63, 3.8) is 0 Å². The number of nitrogens with one attached hydrogen (secondary N) is 1. The molecule has 1 aliphatic rings. The number of amides is 2. The fraction of sp³-hybridized carbons (Fsp3) is 0.500. The number of carbonyl (C=O) groups excluding carboxylic acids is 2. The Morgan fingerprint density at radius 2 is 2.22 bits per heavy atom. The van der Waals surface area contributed by atoms with Crippen molar-refractivity contribution in [3.8, 4) is 0 Å². The first-order valence-corrected chi connectivity index (χ1v) is 12.1. The van der Waals surface area contributed by atoms with E-state index in [2.05, 4.69) is 15.3 Å². The van der Waals surface area contributed by atoms with E-state index < -0.39 is 9.84 Å². The molecule has 1 aliphatic heterocycles. The summed E-state index contributed by atoms with van der Waals surface area (Å²) < 4.78 is 23.9. The van der Waals surface area contributed by atoms with Gasteiger partial charge in [0.15, 0.2) is 9.84 Å². The lowest BCUT2D eigenvalue weighted by molar-refractivity contribution is -0.134. The number of hydrogen-bond acceptors (Lipinski definition) is 8. The summed E-state index contributed by atoms with van der Waals surface area (Å²) in [6.07, 6.45) is 1.90. The zero-order valence-corrected chi connectivity index (χ0v) is 17.2. The molecule has 8 nitrogen and oxygen atoms in total. The van der Waals surface area contributed by atoms with Gasteiger partial charge in [0.05, 0.1) is 34.0 Å². The van der Waals surface area contributed by atoms with E-state index in [0.29, 0.717) is 13.0 Å². The van der Waals surface area contributed by atoms with Gasteiger partial charge in [-0.05, 0) is 24.8 Å². The molecule has 1 unspecified atom stereocenters. The van der Waals surface area contributed by atoms with Gasteiger partial charge in [0.1, 0.15) is 11.4 Å². The quantitative estimate of drug-likeness (QED) is 0.516. The molecule has 0 aromatic carbocycles. The second-order valence-corrected chi connectivity index (χ2v) is 10.3. The summed E-state index contributed by atoms with van der Waals surface area (Å²) in [5, 5.41) is 5.39. The van der Waals surface area contributed by atoms with Crippen molar-refractivity contribution >= 4 is 55.0 Å². The van der Waals surface area contributed by atoms with Gasteiger partial charge < -0.3 is 10.2 Å². The molecule has 2 aromatic rings. The minimum atomic E-state index is -3.05. The summed E-state index contributed by atoms with van der Waals surface area (Å²) in [5.74, 6) is -0.261. The maximum absolute atomic E-state index is 12.5. The van der Waals surface area contributed by atoms with E-state index in [-0.39, 0.29) is 41.7 Å². The molecule has 0 aliphatic carbocycles. The van der Waals surface area contributed by atoms with Gasteiger partial charge in [-0.15, -0.1) is 11.3 Å². The number of rotatable bonds is 7. The van der Waals surface area contributed by atoms with E-state index in [4.69, 9.17) is 0 Å². The molecule has 3 heterocycles. The second kappa shape index (κ2) is 8.53. The SMILES string of the molecule is CCN(CC(=O)NC1CCS(=O)(=O)C1)C(=O)CSc1ncnc2ccsc12. The van der Waals surface area contributed by atoms with E-state index in [1.807, 2.05) is 11.4 Å². The Bertz CT molecular complexity index is 944. The van der Waals surface area contributed by atoms with Crippen LogP contribution >= 0.6 is 23.1 Å². The normalized spacial score (nSPS) is 18.5. The van der Waals surface area contributed by atoms with Crippen LogP contribution in [-0.4, -0.2) is 71.5 Å². The maximum Gasteiger partial charge on any atom is 0.239 e. The highest BCUT2D eigenvalue weighted by molar-refractivity contribution is 8.00. The van der Waals surface area contributed by atoms with Crippen molar-refractivity contribution in [3.05, 3.63) is 17.8 Å². The molecule has 1 fully saturated rings. The summed E-state index contributed by atoms with van der Waals surface area (Å²) in [7, 11) is -3.05. The fourth-order valence-electron chi connectivity index (χ4n) is 2.82. The monoisotopic (exact) mass is 428 g/mol. The largest absolute Gasteiger partial charge is 0.351 e. The standard InChI is InChI=1S/C16H20N4O4S3/c1-2-20(7-13(21)19-11-4-6-27(23,24)9-11)14(22)8-26-16-15-12(3-5-25-15)17-10-18-16/h3,5,10-11H,2,4,6-9H2,1H3,(H,19,21). The van der Waals surface area contributed by atoms with Crippen LogP contribution in [0, 0.1) is 0 Å². The van der Waals surface area contributed by atoms with Crippen LogP contribution in [0.15, 0.2) is 22.8 Å². The molecule has 1 saturated heterocycles. The average molecular weight is 429 g/mol. The fourth-order valence-corrected chi connectivity index (χ4v) is 6.34. The summed E-state index contributed by atoms with van der Waals surface area (Å²) >= 11 is 2.85. The Morgan fingerprint density at radius 3 is 2.93 bits per heavy atom. The summed E-state index contributed by atoms with van der Waals surface area (Å²) in [5.41, 5.74) is 0.850. The molecule has 27 heavy (non-hydrogen) atoms. The molecule has 0 bridgehead atoms. The van der Waals surface area contributed by atoms with E-state index >= 15 is 0 Å². The number of carbonyl (C=O) groups is 2. The van der Waals surface area contributed by atoms with Gasteiger partial charge in [0, 0.05) is 12.6 Å². The van der Waals surface area contributed by atoms with Crippen LogP contribution in [-0.2, 0) is 19.4 Å². The van der Waals surface area contributed by atoms with Crippen molar-refractivity contribution in [2.24, 2.45) is 0 Å². The molecule has 11 heteroatoms. The molecule has 1 atom stereocenters. The topological polar surface area (TPSA) is 109 Å². The number of aromatic nitrogens is 2. The number of thiophene rings is 1. The van der Waals surface area contributed by atoms with Gasteiger partial charge in [-0.2, -0.15) is 0 Å². The molecule has 2 amide bonds. The third-order valence-electron chi connectivity index (χ3n) is 4.21. The Hall–Kier alpha value is -1.72. The highest BCUT2D eigenvalue weighted by Crippen LogP contribution is 2.28. The summed E-state index contributed by atoms with van der Waals surface area (Å²) in [6, 6.07) is 1.54. The number of likely N-dealkylation sites (N-methyl/N-ethyl adjacent to an activating group) is 1. The Morgan fingerprint density at radius 1 is 1.41 bits per heavy atom. The first-order chi connectivity index (χ1) is 12.9. The third-order valence-corrected chi connectivity index (χ3v) is 7.99. The molecule has 3 rings (SSSR count). The lowest BCUT2D eigenvalue weighted by atomic mass is 10.2. The van der Waals surface area contributed by atoms with Gasteiger partial charge in [-0.1, -0.05) is 11.8 Å².